The van der Waals surface area contributed by atoms with Gasteiger partial charge < -0.3 is 4.98 Å². The zero-order valence-corrected chi connectivity index (χ0v) is 12.4. The number of hydrogen-bond donors (Lipinski definition) is 1. The molecule has 2 nitrogen and oxygen atoms in total. The second kappa shape index (κ2) is 4.99. The molecule has 0 aliphatic rings. The highest BCUT2D eigenvalue weighted by molar-refractivity contribution is 6.91. The lowest BCUT2D eigenvalue weighted by atomic mass is 10.1. The van der Waals surface area contributed by atoms with E-state index in [1.54, 1.807) is 0 Å². The maximum Gasteiger partial charge on any atom is 0.106 e. The molecule has 0 saturated heterocycles. The lowest BCUT2D eigenvalue weighted by molar-refractivity contribution is 1.18. The van der Waals surface area contributed by atoms with Crippen molar-refractivity contribution in [3.05, 3.63) is 29.8 Å². The first-order chi connectivity index (χ1) is 8.70. The Morgan fingerprint density at radius 2 is 1.83 bits per heavy atom. The summed E-state index contributed by atoms with van der Waals surface area (Å²) < 4.78 is 0. The molecular formula is C15H20N2Si. The fourth-order valence-electron chi connectivity index (χ4n) is 2.86. The number of fused-ring (bicyclic) bond motifs is 1. The molecule has 0 saturated carbocycles. The van der Waals surface area contributed by atoms with E-state index in [2.05, 4.69) is 44.0 Å². The van der Waals surface area contributed by atoms with E-state index in [1.807, 2.05) is 12.1 Å². The number of nitrogens with zero attached hydrogens (tertiary/aromatic N) is 1. The van der Waals surface area contributed by atoms with Gasteiger partial charge in [-0.3, -0.25) is 0 Å². The molecular weight excluding hydrogens is 236 g/mol. The summed E-state index contributed by atoms with van der Waals surface area (Å²) in [5, 5.41) is 11.7. The van der Waals surface area contributed by atoms with Gasteiger partial charge in [-0.2, -0.15) is 5.26 Å². The summed E-state index contributed by atoms with van der Waals surface area (Å²) in [7, 11) is -1.38. The molecule has 94 valence electrons. The highest BCUT2D eigenvalue weighted by atomic mass is 28.3. The fourth-order valence-corrected chi connectivity index (χ4v) is 6.35. The van der Waals surface area contributed by atoms with Gasteiger partial charge in [0.05, 0.1) is 11.6 Å². The summed E-state index contributed by atoms with van der Waals surface area (Å²) in [5.41, 5.74) is 1.89. The van der Waals surface area contributed by atoms with Crippen LogP contribution in [0.2, 0.25) is 18.1 Å². The Bertz CT molecular complexity index is 580. The van der Waals surface area contributed by atoms with Crippen LogP contribution in [-0.4, -0.2) is 13.1 Å². The maximum absolute atomic E-state index is 9.17. The molecule has 0 amide bonds. The molecule has 3 heteroatoms. The molecule has 0 aliphatic carbocycles. The topological polar surface area (TPSA) is 39.6 Å². The van der Waals surface area contributed by atoms with Gasteiger partial charge in [0.15, 0.2) is 0 Å². The number of rotatable bonds is 4. The van der Waals surface area contributed by atoms with Gasteiger partial charge in [0.1, 0.15) is 8.07 Å². The molecule has 1 N–H and O–H groups in total. The molecule has 0 bridgehead atoms. The van der Waals surface area contributed by atoms with Crippen LogP contribution in [0, 0.1) is 11.3 Å². The summed E-state index contributed by atoms with van der Waals surface area (Å²) >= 11 is 0. The van der Waals surface area contributed by atoms with Crippen molar-refractivity contribution in [3.8, 4) is 6.07 Å². The summed E-state index contributed by atoms with van der Waals surface area (Å²) in [6.07, 6.45) is 0. The van der Waals surface area contributed by atoms with E-state index < -0.39 is 8.07 Å². The van der Waals surface area contributed by atoms with Crippen LogP contribution in [0.4, 0.5) is 0 Å². The number of hydrogen-bond acceptors (Lipinski definition) is 1. The zero-order valence-electron chi connectivity index (χ0n) is 11.4. The van der Waals surface area contributed by atoms with Gasteiger partial charge in [-0.1, -0.05) is 45.0 Å². The van der Waals surface area contributed by atoms with Crippen LogP contribution in [0.3, 0.4) is 0 Å². The molecule has 0 radical (unpaired) electrons. The lowest BCUT2D eigenvalue weighted by Gasteiger charge is -2.26. The van der Waals surface area contributed by atoms with Crippen LogP contribution in [0.25, 0.3) is 10.9 Å². The molecule has 1 aromatic carbocycles. The lowest BCUT2D eigenvalue weighted by Crippen LogP contribution is -2.46. The normalized spacial score (nSPS) is 11.7. The Labute approximate surface area is 110 Å². The Morgan fingerprint density at radius 3 is 2.39 bits per heavy atom. The van der Waals surface area contributed by atoms with Crippen LogP contribution < -0.4 is 5.32 Å². The second-order valence-electron chi connectivity index (χ2n) is 4.90. The third-order valence-electron chi connectivity index (χ3n) is 4.39. The Kier molecular flexibility index (Phi) is 3.58. The molecule has 1 heterocycles. The van der Waals surface area contributed by atoms with E-state index in [4.69, 9.17) is 5.26 Å². The second-order valence-corrected chi connectivity index (χ2v) is 10.1. The van der Waals surface area contributed by atoms with Gasteiger partial charge in [-0.25, -0.2) is 0 Å². The highest BCUT2D eigenvalue weighted by Crippen LogP contribution is 2.23. The summed E-state index contributed by atoms with van der Waals surface area (Å²) in [6, 6.07) is 14.2. The minimum Gasteiger partial charge on any atom is -0.362 e. The largest absolute Gasteiger partial charge is 0.362 e. The first-order valence-corrected chi connectivity index (χ1v) is 9.35. The maximum atomic E-state index is 9.17. The van der Waals surface area contributed by atoms with Gasteiger partial charge in [0, 0.05) is 10.9 Å². The van der Waals surface area contributed by atoms with Crippen LogP contribution in [0.5, 0.6) is 0 Å². The Morgan fingerprint density at radius 1 is 1.17 bits per heavy atom. The van der Waals surface area contributed by atoms with Crippen LogP contribution in [-0.2, 0) is 0 Å². The van der Waals surface area contributed by atoms with E-state index in [0.717, 1.165) is 16.5 Å². The fraction of sp³-hybridized carbons (Fsp3) is 0.400. The number of H-pyrrole nitrogens is 1. The third-order valence-corrected chi connectivity index (χ3v) is 9.86. The predicted molar refractivity (Wildman–Crippen MR) is 79.8 cm³/mol. The van der Waals surface area contributed by atoms with Crippen molar-refractivity contribution in [2.24, 2.45) is 0 Å². The SMILES string of the molecule is CC[Si](CC)(CC)c1cc2c(C#N)cccc2[nH]1. The number of aromatic nitrogens is 1. The van der Waals surface area contributed by atoms with E-state index in [1.165, 1.54) is 23.4 Å². The van der Waals surface area contributed by atoms with Crippen molar-refractivity contribution in [2.45, 2.75) is 38.9 Å². The van der Waals surface area contributed by atoms with Crippen molar-refractivity contribution >= 4 is 24.3 Å². The predicted octanol–water partition coefficient (Wildman–Crippen LogP) is 3.76. The Hall–Kier alpha value is -1.53. The van der Waals surface area contributed by atoms with Gasteiger partial charge in [-0.05, 0) is 23.5 Å². The van der Waals surface area contributed by atoms with Crippen LogP contribution in [0.1, 0.15) is 26.3 Å². The minimum absolute atomic E-state index is 0.779. The van der Waals surface area contributed by atoms with Crippen LogP contribution in [0.15, 0.2) is 24.3 Å². The molecule has 18 heavy (non-hydrogen) atoms. The first-order valence-electron chi connectivity index (χ1n) is 6.73. The smallest absolute Gasteiger partial charge is 0.106 e. The van der Waals surface area contributed by atoms with Crippen molar-refractivity contribution in [3.63, 3.8) is 0 Å². The van der Waals surface area contributed by atoms with Crippen molar-refractivity contribution in [1.29, 1.82) is 5.26 Å². The highest BCUT2D eigenvalue weighted by Gasteiger charge is 2.31. The summed E-state index contributed by atoms with van der Waals surface area (Å²) in [5.74, 6) is 0. The average molecular weight is 256 g/mol. The quantitative estimate of drug-likeness (QED) is 0.831. The zero-order chi connectivity index (χ0) is 13.2. The summed E-state index contributed by atoms with van der Waals surface area (Å²) in [4.78, 5) is 3.57. The molecule has 2 aromatic rings. The van der Waals surface area contributed by atoms with E-state index in [0.29, 0.717) is 0 Å². The van der Waals surface area contributed by atoms with Crippen molar-refractivity contribution in [2.75, 3.05) is 0 Å². The molecule has 0 unspecified atom stereocenters. The van der Waals surface area contributed by atoms with E-state index >= 15 is 0 Å². The van der Waals surface area contributed by atoms with Crippen LogP contribution >= 0.6 is 0 Å². The van der Waals surface area contributed by atoms with Crippen molar-refractivity contribution < 1.29 is 0 Å². The standard InChI is InChI=1S/C15H20N2Si/c1-4-18(5-2,6-3)15-10-13-12(11-16)8-7-9-14(13)17-15/h7-10,17H,4-6H2,1-3H3. The van der Waals surface area contributed by atoms with Gasteiger partial charge in [0.25, 0.3) is 0 Å². The molecule has 0 atom stereocenters. The minimum atomic E-state index is -1.38. The van der Waals surface area contributed by atoms with E-state index in [9.17, 15) is 0 Å². The van der Waals surface area contributed by atoms with Crippen molar-refractivity contribution in [1.82, 2.24) is 4.98 Å². The number of nitriles is 1. The molecule has 1 aromatic heterocycles. The number of aromatic amines is 1. The Balaban J connectivity index is 2.64. The molecule has 0 spiro atoms. The third kappa shape index (κ3) is 1.87. The molecule has 0 aliphatic heterocycles. The summed E-state index contributed by atoms with van der Waals surface area (Å²) in [6.45, 7) is 6.90. The van der Waals surface area contributed by atoms with Gasteiger partial charge >= 0.3 is 0 Å². The first kappa shape index (κ1) is 12.9. The monoisotopic (exact) mass is 256 g/mol. The average Bonchev–Trinajstić information content (AvgIpc) is 2.85. The molecule has 0 fully saturated rings. The van der Waals surface area contributed by atoms with E-state index in [-0.39, 0.29) is 0 Å². The van der Waals surface area contributed by atoms with Gasteiger partial charge in [-0.15, -0.1) is 0 Å². The molecule has 2 rings (SSSR count). The van der Waals surface area contributed by atoms with Gasteiger partial charge in [0.2, 0.25) is 0 Å². The number of nitrogens with one attached hydrogen (secondary N) is 1. The number of benzene rings is 1.